The van der Waals surface area contributed by atoms with Crippen molar-refractivity contribution in [2.24, 2.45) is 0 Å². The summed E-state index contributed by atoms with van der Waals surface area (Å²) in [5, 5.41) is 0. The van der Waals surface area contributed by atoms with Crippen LogP contribution in [0.2, 0.25) is 0 Å². The molecule has 0 amide bonds. The van der Waals surface area contributed by atoms with Crippen LogP contribution < -0.4 is 0 Å². The van der Waals surface area contributed by atoms with E-state index in [0.717, 1.165) is 12.8 Å². The van der Waals surface area contributed by atoms with Crippen molar-refractivity contribution in [3.05, 3.63) is 12.2 Å². The third kappa shape index (κ3) is 0.976. The van der Waals surface area contributed by atoms with Crippen molar-refractivity contribution in [3.63, 3.8) is 0 Å². The van der Waals surface area contributed by atoms with Crippen molar-refractivity contribution >= 4 is 0 Å². The zero-order valence-corrected chi connectivity index (χ0v) is 6.12. The second-order valence-corrected chi connectivity index (χ2v) is 2.86. The van der Waals surface area contributed by atoms with E-state index in [-0.39, 0.29) is 6.29 Å². The Balaban J connectivity index is 2.05. The molecule has 0 aromatic carbocycles. The van der Waals surface area contributed by atoms with Gasteiger partial charge < -0.3 is 9.47 Å². The maximum Gasteiger partial charge on any atom is 0.155 e. The van der Waals surface area contributed by atoms with Crippen LogP contribution in [0, 0.1) is 0 Å². The molecule has 2 aliphatic rings. The summed E-state index contributed by atoms with van der Waals surface area (Å²) in [6, 6.07) is 0. The van der Waals surface area contributed by atoms with Gasteiger partial charge in [0, 0.05) is 0 Å². The molecule has 56 valence electrons. The number of fused-ring (bicyclic) bond motifs is 1. The van der Waals surface area contributed by atoms with E-state index in [9.17, 15) is 0 Å². The largest absolute Gasteiger partial charge is 0.347 e. The van der Waals surface area contributed by atoms with Crippen LogP contribution in [-0.2, 0) is 9.47 Å². The lowest BCUT2D eigenvalue weighted by molar-refractivity contribution is -0.0493. The van der Waals surface area contributed by atoms with Gasteiger partial charge in [-0.3, -0.25) is 0 Å². The highest BCUT2D eigenvalue weighted by Crippen LogP contribution is 2.27. The van der Waals surface area contributed by atoms with Gasteiger partial charge in [-0.2, -0.15) is 0 Å². The SMILES string of the molecule is CC1OC2CC=CCC2O1. The average Bonchev–Trinajstić information content (AvgIpc) is 2.27. The highest BCUT2D eigenvalue weighted by molar-refractivity contribution is 4.98. The molecular formula is C8H12O2. The first-order chi connectivity index (χ1) is 4.86. The van der Waals surface area contributed by atoms with Gasteiger partial charge in [0.05, 0.1) is 12.2 Å². The van der Waals surface area contributed by atoms with Crippen LogP contribution in [0.15, 0.2) is 12.2 Å². The molecule has 1 saturated heterocycles. The minimum Gasteiger partial charge on any atom is -0.347 e. The summed E-state index contributed by atoms with van der Waals surface area (Å²) < 4.78 is 11.0. The van der Waals surface area contributed by atoms with E-state index in [0.29, 0.717) is 12.2 Å². The van der Waals surface area contributed by atoms with Gasteiger partial charge in [0.1, 0.15) is 0 Å². The predicted octanol–water partition coefficient (Wildman–Crippen LogP) is 1.47. The Morgan fingerprint density at radius 1 is 1.10 bits per heavy atom. The molecule has 0 bridgehead atoms. The fourth-order valence-corrected chi connectivity index (χ4v) is 1.58. The Kier molecular flexibility index (Phi) is 1.51. The van der Waals surface area contributed by atoms with Crippen LogP contribution in [0.5, 0.6) is 0 Å². The van der Waals surface area contributed by atoms with Crippen LogP contribution in [0.25, 0.3) is 0 Å². The zero-order valence-electron chi connectivity index (χ0n) is 6.12. The van der Waals surface area contributed by atoms with Crippen LogP contribution in [-0.4, -0.2) is 18.5 Å². The van der Waals surface area contributed by atoms with E-state index in [2.05, 4.69) is 12.2 Å². The quantitative estimate of drug-likeness (QED) is 0.474. The third-order valence-corrected chi connectivity index (χ3v) is 2.05. The lowest BCUT2D eigenvalue weighted by Crippen LogP contribution is -2.23. The topological polar surface area (TPSA) is 18.5 Å². The number of rotatable bonds is 0. The molecule has 0 radical (unpaired) electrons. The standard InChI is InChI=1S/C8H12O2/c1-6-9-7-4-2-3-5-8(7)10-6/h2-3,6-8H,4-5H2,1H3. The maximum atomic E-state index is 5.49. The summed E-state index contributed by atoms with van der Waals surface area (Å²) in [6.45, 7) is 1.96. The van der Waals surface area contributed by atoms with Crippen molar-refractivity contribution in [3.8, 4) is 0 Å². The monoisotopic (exact) mass is 140 g/mol. The third-order valence-electron chi connectivity index (χ3n) is 2.05. The normalized spacial score (nSPS) is 45.5. The molecule has 1 aliphatic heterocycles. The molecule has 10 heavy (non-hydrogen) atoms. The Hall–Kier alpha value is -0.340. The van der Waals surface area contributed by atoms with Crippen molar-refractivity contribution < 1.29 is 9.47 Å². The van der Waals surface area contributed by atoms with Gasteiger partial charge in [-0.25, -0.2) is 0 Å². The summed E-state index contributed by atoms with van der Waals surface area (Å²) in [5.74, 6) is 0. The average molecular weight is 140 g/mol. The second-order valence-electron chi connectivity index (χ2n) is 2.86. The minimum atomic E-state index is 0.00917. The van der Waals surface area contributed by atoms with Gasteiger partial charge in [0.25, 0.3) is 0 Å². The second kappa shape index (κ2) is 2.36. The summed E-state index contributed by atoms with van der Waals surface area (Å²) in [4.78, 5) is 0. The summed E-state index contributed by atoms with van der Waals surface area (Å²) in [6.07, 6.45) is 7.06. The Labute approximate surface area is 60.8 Å². The molecule has 2 nitrogen and oxygen atoms in total. The van der Waals surface area contributed by atoms with E-state index in [1.807, 2.05) is 6.92 Å². The smallest absolute Gasteiger partial charge is 0.155 e. The van der Waals surface area contributed by atoms with Gasteiger partial charge in [0.15, 0.2) is 6.29 Å². The van der Waals surface area contributed by atoms with E-state index in [1.165, 1.54) is 0 Å². The van der Waals surface area contributed by atoms with Crippen molar-refractivity contribution in [1.82, 2.24) is 0 Å². The molecule has 1 fully saturated rings. The highest BCUT2D eigenvalue weighted by atomic mass is 16.7. The molecule has 0 spiro atoms. The lowest BCUT2D eigenvalue weighted by Gasteiger charge is -2.16. The Morgan fingerprint density at radius 3 is 2.10 bits per heavy atom. The highest BCUT2D eigenvalue weighted by Gasteiger charge is 2.33. The van der Waals surface area contributed by atoms with Gasteiger partial charge in [-0.1, -0.05) is 12.2 Å². The van der Waals surface area contributed by atoms with Crippen molar-refractivity contribution in [2.75, 3.05) is 0 Å². The first kappa shape index (κ1) is 6.38. The minimum absolute atomic E-state index is 0.00917. The fraction of sp³-hybridized carbons (Fsp3) is 0.750. The van der Waals surface area contributed by atoms with Crippen LogP contribution in [0.1, 0.15) is 19.8 Å². The summed E-state index contributed by atoms with van der Waals surface area (Å²) >= 11 is 0. The number of hydrogen-bond donors (Lipinski definition) is 0. The molecule has 2 heteroatoms. The summed E-state index contributed by atoms with van der Waals surface area (Å²) in [5.41, 5.74) is 0. The van der Waals surface area contributed by atoms with E-state index in [1.54, 1.807) is 0 Å². The van der Waals surface area contributed by atoms with E-state index in [4.69, 9.17) is 9.47 Å². The van der Waals surface area contributed by atoms with Gasteiger partial charge >= 0.3 is 0 Å². The van der Waals surface area contributed by atoms with Crippen molar-refractivity contribution in [2.45, 2.75) is 38.3 Å². The molecule has 0 aromatic heterocycles. The number of hydrogen-bond acceptors (Lipinski definition) is 2. The van der Waals surface area contributed by atoms with Crippen molar-refractivity contribution in [1.29, 1.82) is 0 Å². The molecule has 2 atom stereocenters. The first-order valence-electron chi connectivity index (χ1n) is 3.82. The maximum absolute atomic E-state index is 5.49. The first-order valence-corrected chi connectivity index (χ1v) is 3.82. The predicted molar refractivity (Wildman–Crippen MR) is 37.6 cm³/mol. The van der Waals surface area contributed by atoms with E-state index >= 15 is 0 Å². The van der Waals surface area contributed by atoms with E-state index < -0.39 is 0 Å². The Bertz CT molecular complexity index is 137. The molecule has 2 rings (SSSR count). The van der Waals surface area contributed by atoms with Crippen LogP contribution >= 0.6 is 0 Å². The Morgan fingerprint density at radius 2 is 1.60 bits per heavy atom. The lowest BCUT2D eigenvalue weighted by atomic mass is 10.0. The molecule has 0 saturated carbocycles. The summed E-state index contributed by atoms with van der Waals surface area (Å²) in [7, 11) is 0. The van der Waals surface area contributed by atoms with Crippen LogP contribution in [0.3, 0.4) is 0 Å². The molecular weight excluding hydrogens is 128 g/mol. The van der Waals surface area contributed by atoms with Gasteiger partial charge in [-0.05, 0) is 19.8 Å². The molecule has 0 N–H and O–H groups in total. The molecule has 0 aromatic rings. The zero-order chi connectivity index (χ0) is 6.97. The van der Waals surface area contributed by atoms with Crippen LogP contribution in [0.4, 0.5) is 0 Å². The fourth-order valence-electron chi connectivity index (χ4n) is 1.58. The molecule has 1 heterocycles. The molecule has 1 aliphatic carbocycles. The number of ether oxygens (including phenoxy) is 2. The molecule has 2 unspecified atom stereocenters. The van der Waals surface area contributed by atoms with Gasteiger partial charge in [0.2, 0.25) is 0 Å². The van der Waals surface area contributed by atoms with Gasteiger partial charge in [-0.15, -0.1) is 0 Å².